The summed E-state index contributed by atoms with van der Waals surface area (Å²) < 4.78 is 6.18. The molecule has 1 saturated heterocycles. The van der Waals surface area contributed by atoms with Crippen LogP contribution in [0.15, 0.2) is 54.6 Å². The van der Waals surface area contributed by atoms with E-state index < -0.39 is 0 Å². The molecule has 0 saturated carbocycles. The highest BCUT2D eigenvalue weighted by atomic mass is 16.5. The molecular weight excluding hydrogens is 320 g/mol. The van der Waals surface area contributed by atoms with Gasteiger partial charge < -0.3 is 10.1 Å². The van der Waals surface area contributed by atoms with Gasteiger partial charge in [-0.2, -0.15) is 0 Å². The number of hydrogen-bond acceptors (Lipinski definition) is 3. The van der Waals surface area contributed by atoms with Gasteiger partial charge in [0, 0.05) is 18.2 Å². The summed E-state index contributed by atoms with van der Waals surface area (Å²) in [5.74, 6) is 2.60. The standard InChI is InChI=1S/C23H32N2O/c1-19(2)14-17-25(21-12-15-24-16-13-21)18-20-8-6-7-11-23(20)26-22-9-4-3-5-10-22/h3-11,19,21,24H,12-18H2,1-2H3. The van der Waals surface area contributed by atoms with Crippen molar-refractivity contribution in [3.8, 4) is 11.5 Å². The second-order valence-corrected chi connectivity index (χ2v) is 7.66. The Morgan fingerprint density at radius 2 is 1.69 bits per heavy atom. The van der Waals surface area contributed by atoms with Crippen molar-refractivity contribution < 1.29 is 4.74 Å². The smallest absolute Gasteiger partial charge is 0.131 e. The van der Waals surface area contributed by atoms with E-state index in [4.69, 9.17) is 4.74 Å². The topological polar surface area (TPSA) is 24.5 Å². The maximum absolute atomic E-state index is 6.18. The molecule has 3 rings (SSSR count). The molecule has 2 aromatic rings. The molecule has 0 bridgehead atoms. The maximum Gasteiger partial charge on any atom is 0.131 e. The van der Waals surface area contributed by atoms with E-state index in [0.29, 0.717) is 6.04 Å². The third kappa shape index (κ3) is 5.58. The fraction of sp³-hybridized carbons (Fsp3) is 0.478. The van der Waals surface area contributed by atoms with Crippen molar-refractivity contribution in [2.45, 2.75) is 45.7 Å². The molecule has 0 spiro atoms. The zero-order chi connectivity index (χ0) is 18.2. The fourth-order valence-electron chi connectivity index (χ4n) is 3.55. The molecule has 3 nitrogen and oxygen atoms in total. The number of nitrogens with one attached hydrogen (secondary N) is 1. The normalized spacial score (nSPS) is 15.5. The number of nitrogens with zero attached hydrogens (tertiary/aromatic N) is 1. The highest BCUT2D eigenvalue weighted by molar-refractivity contribution is 5.37. The Bertz CT molecular complexity index is 650. The molecule has 0 atom stereocenters. The highest BCUT2D eigenvalue weighted by Crippen LogP contribution is 2.27. The Morgan fingerprint density at radius 3 is 2.42 bits per heavy atom. The lowest BCUT2D eigenvalue weighted by atomic mass is 10.0. The van der Waals surface area contributed by atoms with Gasteiger partial charge in [-0.05, 0) is 63.0 Å². The van der Waals surface area contributed by atoms with E-state index in [1.54, 1.807) is 0 Å². The van der Waals surface area contributed by atoms with Crippen molar-refractivity contribution in [2.75, 3.05) is 19.6 Å². The minimum atomic E-state index is 0.666. The van der Waals surface area contributed by atoms with Gasteiger partial charge in [-0.15, -0.1) is 0 Å². The zero-order valence-corrected chi connectivity index (χ0v) is 16.2. The Hall–Kier alpha value is -1.84. The molecule has 1 aliphatic rings. The monoisotopic (exact) mass is 352 g/mol. The summed E-state index contributed by atoms with van der Waals surface area (Å²) in [6.45, 7) is 9.00. The number of piperidine rings is 1. The summed E-state index contributed by atoms with van der Waals surface area (Å²) in [6.07, 6.45) is 3.71. The van der Waals surface area contributed by atoms with E-state index in [1.807, 2.05) is 30.3 Å². The Kier molecular flexibility index (Phi) is 7.10. The molecule has 1 N–H and O–H groups in total. The van der Waals surface area contributed by atoms with Crippen LogP contribution in [0.2, 0.25) is 0 Å². The Balaban J connectivity index is 1.74. The SMILES string of the molecule is CC(C)CCN(Cc1ccccc1Oc1ccccc1)C1CCNCC1. The van der Waals surface area contributed by atoms with E-state index in [-0.39, 0.29) is 0 Å². The van der Waals surface area contributed by atoms with E-state index in [1.165, 1.54) is 24.8 Å². The minimum absolute atomic E-state index is 0.666. The van der Waals surface area contributed by atoms with Crippen LogP contribution in [-0.2, 0) is 6.54 Å². The van der Waals surface area contributed by atoms with Crippen LogP contribution in [0.1, 0.15) is 38.7 Å². The van der Waals surface area contributed by atoms with Crippen LogP contribution < -0.4 is 10.1 Å². The summed E-state index contributed by atoms with van der Waals surface area (Å²) in [7, 11) is 0. The van der Waals surface area contributed by atoms with Gasteiger partial charge in [0.1, 0.15) is 11.5 Å². The van der Waals surface area contributed by atoms with Crippen molar-refractivity contribution in [1.82, 2.24) is 10.2 Å². The van der Waals surface area contributed by atoms with Crippen LogP contribution in [0, 0.1) is 5.92 Å². The van der Waals surface area contributed by atoms with Crippen LogP contribution in [0.5, 0.6) is 11.5 Å². The van der Waals surface area contributed by atoms with Crippen molar-refractivity contribution in [3.63, 3.8) is 0 Å². The van der Waals surface area contributed by atoms with E-state index >= 15 is 0 Å². The van der Waals surface area contributed by atoms with Crippen LogP contribution in [0.4, 0.5) is 0 Å². The highest BCUT2D eigenvalue weighted by Gasteiger charge is 2.22. The first-order chi connectivity index (χ1) is 12.7. The minimum Gasteiger partial charge on any atom is -0.457 e. The number of rotatable bonds is 8. The summed E-state index contributed by atoms with van der Waals surface area (Å²) >= 11 is 0. The number of hydrogen-bond donors (Lipinski definition) is 1. The molecule has 0 radical (unpaired) electrons. The lowest BCUT2D eigenvalue weighted by molar-refractivity contribution is 0.145. The van der Waals surface area contributed by atoms with Crippen LogP contribution in [0.25, 0.3) is 0 Å². The van der Waals surface area contributed by atoms with Gasteiger partial charge in [-0.25, -0.2) is 0 Å². The summed E-state index contributed by atoms with van der Waals surface area (Å²) in [5, 5.41) is 3.49. The summed E-state index contributed by atoms with van der Waals surface area (Å²) in [6, 6.07) is 19.2. The van der Waals surface area contributed by atoms with Crippen molar-refractivity contribution in [2.24, 2.45) is 5.92 Å². The molecule has 1 heterocycles. The second kappa shape index (κ2) is 9.75. The van der Waals surface area contributed by atoms with Gasteiger partial charge >= 0.3 is 0 Å². The first-order valence-electron chi connectivity index (χ1n) is 9.98. The molecule has 0 unspecified atom stereocenters. The van der Waals surface area contributed by atoms with Crippen molar-refractivity contribution in [3.05, 3.63) is 60.2 Å². The van der Waals surface area contributed by atoms with Gasteiger partial charge in [0.25, 0.3) is 0 Å². The fourth-order valence-corrected chi connectivity index (χ4v) is 3.55. The molecular formula is C23H32N2O. The van der Waals surface area contributed by atoms with Crippen LogP contribution >= 0.6 is 0 Å². The van der Waals surface area contributed by atoms with E-state index in [0.717, 1.165) is 43.6 Å². The molecule has 2 aromatic carbocycles. The predicted octanol–water partition coefficient (Wildman–Crippen LogP) is 5.08. The number of ether oxygens (including phenoxy) is 1. The van der Waals surface area contributed by atoms with Crippen LogP contribution in [0.3, 0.4) is 0 Å². The first kappa shape index (κ1) is 18.9. The zero-order valence-electron chi connectivity index (χ0n) is 16.2. The van der Waals surface area contributed by atoms with E-state index in [9.17, 15) is 0 Å². The molecule has 1 fully saturated rings. The van der Waals surface area contributed by atoms with Gasteiger partial charge in [0.2, 0.25) is 0 Å². The average Bonchev–Trinajstić information content (AvgIpc) is 2.68. The van der Waals surface area contributed by atoms with Gasteiger partial charge in [0.05, 0.1) is 0 Å². The van der Waals surface area contributed by atoms with E-state index in [2.05, 4.69) is 48.3 Å². The molecule has 0 amide bonds. The average molecular weight is 353 g/mol. The summed E-state index contributed by atoms with van der Waals surface area (Å²) in [4.78, 5) is 2.67. The molecule has 3 heteroatoms. The predicted molar refractivity (Wildman–Crippen MR) is 109 cm³/mol. The molecule has 0 aromatic heterocycles. The molecule has 1 aliphatic heterocycles. The second-order valence-electron chi connectivity index (χ2n) is 7.66. The lowest BCUT2D eigenvalue weighted by Gasteiger charge is -2.35. The molecule has 26 heavy (non-hydrogen) atoms. The third-order valence-electron chi connectivity index (χ3n) is 5.14. The number of para-hydroxylation sites is 2. The van der Waals surface area contributed by atoms with Crippen molar-refractivity contribution in [1.29, 1.82) is 0 Å². The van der Waals surface area contributed by atoms with Gasteiger partial charge in [-0.1, -0.05) is 50.2 Å². The quantitative estimate of drug-likeness (QED) is 0.717. The van der Waals surface area contributed by atoms with Crippen molar-refractivity contribution >= 4 is 0 Å². The molecule has 0 aliphatic carbocycles. The first-order valence-corrected chi connectivity index (χ1v) is 9.98. The Morgan fingerprint density at radius 1 is 1.00 bits per heavy atom. The maximum atomic E-state index is 6.18. The lowest BCUT2D eigenvalue weighted by Crippen LogP contribution is -2.43. The van der Waals surface area contributed by atoms with Gasteiger partial charge in [-0.3, -0.25) is 4.90 Å². The third-order valence-corrected chi connectivity index (χ3v) is 5.14. The number of benzene rings is 2. The largest absolute Gasteiger partial charge is 0.457 e. The summed E-state index contributed by atoms with van der Waals surface area (Å²) in [5.41, 5.74) is 1.28. The Labute approximate surface area is 158 Å². The van der Waals surface area contributed by atoms with Gasteiger partial charge in [0.15, 0.2) is 0 Å². The molecule has 140 valence electrons. The van der Waals surface area contributed by atoms with Crippen LogP contribution in [-0.4, -0.2) is 30.6 Å².